The summed E-state index contributed by atoms with van der Waals surface area (Å²) in [6.07, 6.45) is 1.12. The summed E-state index contributed by atoms with van der Waals surface area (Å²) in [6, 6.07) is 8.77. The van der Waals surface area contributed by atoms with Crippen molar-refractivity contribution in [2.45, 2.75) is 0 Å². The Hall–Kier alpha value is -2.94. The van der Waals surface area contributed by atoms with Crippen LogP contribution in [0.1, 0.15) is 15.9 Å². The van der Waals surface area contributed by atoms with Crippen molar-refractivity contribution in [3.8, 4) is 11.5 Å². The number of carbonyl (C=O) groups is 1. The number of halogens is 1. The summed E-state index contributed by atoms with van der Waals surface area (Å²) in [5.74, 6) is -0.194. The van der Waals surface area contributed by atoms with Crippen molar-refractivity contribution in [1.82, 2.24) is 5.43 Å². The molecule has 0 aromatic heterocycles. The molecule has 0 aliphatic heterocycles. The van der Waals surface area contributed by atoms with Crippen molar-refractivity contribution >= 4 is 33.7 Å². The Morgan fingerprint density at radius 1 is 1.42 bits per heavy atom. The zero-order chi connectivity index (χ0) is 17.7. The van der Waals surface area contributed by atoms with Gasteiger partial charge in [-0.25, -0.2) is 5.43 Å². The standard InChI is InChI=1S/C15H12BrN3O5/c1-24-12-4-2-3-9(6-12)15(21)18-17-8-10-5-11(19(22)23)7-13(16)14(10)20/h2-8,20H,1H3,(H,18,21)/b17-8+. The fourth-order valence-corrected chi connectivity index (χ4v) is 2.26. The molecule has 0 fully saturated rings. The molecule has 0 atom stereocenters. The van der Waals surface area contributed by atoms with Crippen LogP contribution in [0.4, 0.5) is 5.69 Å². The van der Waals surface area contributed by atoms with E-state index in [2.05, 4.69) is 26.5 Å². The van der Waals surface area contributed by atoms with E-state index in [-0.39, 0.29) is 21.5 Å². The third kappa shape index (κ3) is 4.07. The van der Waals surface area contributed by atoms with Crippen LogP contribution in [0.5, 0.6) is 11.5 Å². The van der Waals surface area contributed by atoms with Gasteiger partial charge in [-0.3, -0.25) is 14.9 Å². The van der Waals surface area contributed by atoms with Gasteiger partial charge in [0, 0.05) is 23.3 Å². The fourth-order valence-electron chi connectivity index (χ4n) is 1.80. The lowest BCUT2D eigenvalue weighted by molar-refractivity contribution is -0.385. The average molecular weight is 394 g/mol. The molecule has 2 rings (SSSR count). The highest BCUT2D eigenvalue weighted by Gasteiger charge is 2.13. The Morgan fingerprint density at radius 2 is 2.17 bits per heavy atom. The van der Waals surface area contributed by atoms with E-state index in [9.17, 15) is 20.0 Å². The molecule has 24 heavy (non-hydrogen) atoms. The number of nitrogens with zero attached hydrogens (tertiary/aromatic N) is 2. The molecule has 8 nitrogen and oxygen atoms in total. The van der Waals surface area contributed by atoms with E-state index in [0.29, 0.717) is 11.3 Å². The second-order valence-corrected chi connectivity index (χ2v) is 5.41. The summed E-state index contributed by atoms with van der Waals surface area (Å²) in [4.78, 5) is 22.2. The summed E-state index contributed by atoms with van der Waals surface area (Å²) in [5, 5.41) is 24.4. The van der Waals surface area contributed by atoms with E-state index in [0.717, 1.165) is 12.3 Å². The second kappa shape index (κ2) is 7.55. The summed E-state index contributed by atoms with van der Waals surface area (Å²) in [5.41, 5.74) is 2.47. The molecule has 9 heteroatoms. The number of hydrogen-bond donors (Lipinski definition) is 2. The predicted octanol–water partition coefficient (Wildman–Crippen LogP) is 2.84. The molecule has 0 saturated carbocycles. The normalized spacial score (nSPS) is 10.6. The Kier molecular flexibility index (Phi) is 5.48. The first-order valence-corrected chi connectivity index (χ1v) is 7.36. The van der Waals surface area contributed by atoms with Gasteiger partial charge in [0.05, 0.1) is 22.7 Å². The first-order valence-electron chi connectivity index (χ1n) is 6.56. The molecule has 2 N–H and O–H groups in total. The van der Waals surface area contributed by atoms with Crippen molar-refractivity contribution in [2.75, 3.05) is 7.11 Å². The molecule has 0 heterocycles. The number of methoxy groups -OCH3 is 1. The molecule has 0 aliphatic rings. The van der Waals surface area contributed by atoms with Gasteiger partial charge < -0.3 is 9.84 Å². The van der Waals surface area contributed by atoms with Crippen LogP contribution in [0.25, 0.3) is 0 Å². The molecule has 2 aromatic carbocycles. The van der Waals surface area contributed by atoms with E-state index in [1.54, 1.807) is 18.2 Å². The number of hydrogen-bond acceptors (Lipinski definition) is 6. The number of phenols is 1. The van der Waals surface area contributed by atoms with Gasteiger partial charge in [0.2, 0.25) is 0 Å². The number of aromatic hydroxyl groups is 1. The quantitative estimate of drug-likeness (QED) is 0.460. The SMILES string of the molecule is COc1cccc(C(=O)N/N=C/c2cc([N+](=O)[O-])cc(Br)c2O)c1. The van der Waals surface area contributed by atoms with Crippen LogP contribution in [0.3, 0.4) is 0 Å². The monoisotopic (exact) mass is 393 g/mol. The summed E-state index contributed by atoms with van der Waals surface area (Å²) >= 11 is 3.02. The molecule has 0 bridgehead atoms. The summed E-state index contributed by atoms with van der Waals surface area (Å²) in [6.45, 7) is 0. The topological polar surface area (TPSA) is 114 Å². The number of nitrogens with one attached hydrogen (secondary N) is 1. The lowest BCUT2D eigenvalue weighted by Crippen LogP contribution is -2.17. The molecule has 0 saturated heterocycles. The summed E-state index contributed by atoms with van der Waals surface area (Å²) in [7, 11) is 1.48. The van der Waals surface area contributed by atoms with Crippen LogP contribution in [0.2, 0.25) is 0 Å². The van der Waals surface area contributed by atoms with Crippen LogP contribution >= 0.6 is 15.9 Å². The minimum Gasteiger partial charge on any atom is -0.506 e. The third-order valence-corrected chi connectivity index (χ3v) is 3.59. The highest BCUT2D eigenvalue weighted by atomic mass is 79.9. The number of amides is 1. The Labute approximate surface area is 145 Å². The molecular weight excluding hydrogens is 382 g/mol. The van der Waals surface area contributed by atoms with Crippen LogP contribution in [-0.2, 0) is 0 Å². The molecule has 124 valence electrons. The van der Waals surface area contributed by atoms with E-state index < -0.39 is 10.8 Å². The molecule has 2 aromatic rings. The van der Waals surface area contributed by atoms with E-state index in [1.807, 2.05) is 0 Å². The second-order valence-electron chi connectivity index (χ2n) is 4.55. The number of phenolic OH excluding ortho intramolecular Hbond substituents is 1. The van der Waals surface area contributed by atoms with Crippen LogP contribution in [-0.4, -0.2) is 29.3 Å². The molecule has 0 radical (unpaired) electrons. The first-order chi connectivity index (χ1) is 11.4. The van der Waals surface area contributed by atoms with Gasteiger partial charge in [0.25, 0.3) is 11.6 Å². The fraction of sp³-hybridized carbons (Fsp3) is 0.0667. The van der Waals surface area contributed by atoms with Crippen molar-refractivity contribution in [1.29, 1.82) is 0 Å². The van der Waals surface area contributed by atoms with Gasteiger partial charge in [-0.05, 0) is 34.1 Å². The highest BCUT2D eigenvalue weighted by molar-refractivity contribution is 9.10. The van der Waals surface area contributed by atoms with Gasteiger partial charge in [-0.15, -0.1) is 0 Å². The number of nitro groups is 1. The van der Waals surface area contributed by atoms with Crippen LogP contribution in [0.15, 0.2) is 46.0 Å². The maximum atomic E-state index is 12.0. The van der Waals surface area contributed by atoms with Gasteiger partial charge in [0.15, 0.2) is 0 Å². The highest BCUT2D eigenvalue weighted by Crippen LogP contribution is 2.31. The van der Waals surface area contributed by atoms with E-state index >= 15 is 0 Å². The number of benzene rings is 2. The van der Waals surface area contributed by atoms with Crippen molar-refractivity contribution < 1.29 is 19.6 Å². The zero-order valence-corrected chi connectivity index (χ0v) is 14.0. The predicted molar refractivity (Wildman–Crippen MR) is 90.5 cm³/mol. The smallest absolute Gasteiger partial charge is 0.271 e. The Morgan fingerprint density at radius 3 is 2.83 bits per heavy atom. The number of hydrazone groups is 1. The molecular formula is C15H12BrN3O5. The minimum absolute atomic E-state index is 0.0852. The number of nitro benzene ring substituents is 1. The minimum atomic E-state index is -0.601. The maximum absolute atomic E-state index is 12.0. The largest absolute Gasteiger partial charge is 0.506 e. The number of ether oxygens (including phenoxy) is 1. The third-order valence-electron chi connectivity index (χ3n) is 2.99. The molecule has 0 unspecified atom stereocenters. The van der Waals surface area contributed by atoms with Gasteiger partial charge in [0.1, 0.15) is 11.5 Å². The first kappa shape index (κ1) is 17.4. The Balaban J connectivity index is 2.16. The molecule has 0 spiro atoms. The number of non-ortho nitro benzene ring substituents is 1. The van der Waals surface area contributed by atoms with Crippen molar-refractivity contribution in [3.63, 3.8) is 0 Å². The van der Waals surface area contributed by atoms with E-state index in [4.69, 9.17) is 4.74 Å². The maximum Gasteiger partial charge on any atom is 0.271 e. The average Bonchev–Trinajstić information content (AvgIpc) is 2.58. The summed E-state index contributed by atoms with van der Waals surface area (Å²) < 4.78 is 5.17. The molecule has 0 aliphatic carbocycles. The lowest BCUT2D eigenvalue weighted by atomic mass is 10.2. The Bertz CT molecular complexity index is 823. The lowest BCUT2D eigenvalue weighted by Gasteiger charge is -2.04. The van der Waals surface area contributed by atoms with Crippen molar-refractivity contribution in [3.05, 3.63) is 62.1 Å². The molecule has 1 amide bonds. The van der Waals surface area contributed by atoms with Crippen LogP contribution < -0.4 is 10.2 Å². The van der Waals surface area contributed by atoms with Gasteiger partial charge in [-0.2, -0.15) is 5.10 Å². The van der Waals surface area contributed by atoms with Crippen molar-refractivity contribution in [2.24, 2.45) is 5.10 Å². The number of carbonyl (C=O) groups excluding carboxylic acids is 1. The van der Waals surface area contributed by atoms with Gasteiger partial charge >= 0.3 is 0 Å². The zero-order valence-electron chi connectivity index (χ0n) is 12.4. The van der Waals surface area contributed by atoms with Gasteiger partial charge in [-0.1, -0.05) is 6.07 Å². The van der Waals surface area contributed by atoms with Crippen LogP contribution in [0, 0.1) is 10.1 Å². The number of rotatable bonds is 5. The van der Waals surface area contributed by atoms with E-state index in [1.165, 1.54) is 19.2 Å².